The van der Waals surface area contributed by atoms with Crippen molar-refractivity contribution in [3.63, 3.8) is 0 Å². The van der Waals surface area contributed by atoms with E-state index in [0.29, 0.717) is 18.3 Å². The predicted molar refractivity (Wildman–Crippen MR) is 68.3 cm³/mol. The molecule has 0 spiro atoms. The van der Waals surface area contributed by atoms with Crippen molar-refractivity contribution < 1.29 is 14.7 Å². The van der Waals surface area contributed by atoms with E-state index >= 15 is 0 Å². The molecule has 1 unspecified atom stereocenters. The van der Waals surface area contributed by atoms with Crippen LogP contribution in [0, 0.1) is 0 Å². The molecule has 0 aromatic carbocycles. The number of carboxylic acid groups (broad SMARTS) is 1. The lowest BCUT2D eigenvalue weighted by molar-refractivity contribution is 0.0690. The number of amides is 2. The maximum Gasteiger partial charge on any atom is 0.354 e. The molecule has 2 amide bonds. The molecule has 6 nitrogen and oxygen atoms in total. The van der Waals surface area contributed by atoms with Gasteiger partial charge in [0, 0.05) is 13.1 Å². The summed E-state index contributed by atoms with van der Waals surface area (Å²) in [6.07, 6.45) is 4.73. The van der Waals surface area contributed by atoms with Crippen LogP contribution in [0.3, 0.4) is 0 Å². The fraction of sp³-hybridized carbons (Fsp3) is 0.462. The van der Waals surface area contributed by atoms with Gasteiger partial charge in [0.05, 0.1) is 17.9 Å². The van der Waals surface area contributed by atoms with Gasteiger partial charge in [-0.3, -0.25) is 4.90 Å². The summed E-state index contributed by atoms with van der Waals surface area (Å²) in [4.78, 5) is 30.5. The fourth-order valence-electron chi connectivity index (χ4n) is 2.77. The fourth-order valence-corrected chi connectivity index (χ4v) is 2.77. The van der Waals surface area contributed by atoms with Gasteiger partial charge in [-0.1, -0.05) is 0 Å². The van der Waals surface area contributed by atoms with Gasteiger partial charge in [-0.15, -0.1) is 0 Å². The van der Waals surface area contributed by atoms with Crippen LogP contribution in [0.25, 0.3) is 0 Å². The number of carboxylic acids is 1. The zero-order valence-corrected chi connectivity index (χ0v) is 10.5. The molecule has 1 aromatic heterocycles. The number of aromatic carboxylic acids is 1. The molecule has 100 valence electrons. The summed E-state index contributed by atoms with van der Waals surface area (Å²) >= 11 is 0. The third kappa shape index (κ3) is 2.03. The summed E-state index contributed by atoms with van der Waals surface area (Å²) in [6, 6.07) is 3.38. The summed E-state index contributed by atoms with van der Waals surface area (Å²) < 4.78 is 0. The van der Waals surface area contributed by atoms with Crippen LogP contribution in [0.15, 0.2) is 18.3 Å². The van der Waals surface area contributed by atoms with Gasteiger partial charge in [-0.25, -0.2) is 14.6 Å². The molecule has 0 aliphatic carbocycles. The van der Waals surface area contributed by atoms with Gasteiger partial charge in [-0.2, -0.15) is 0 Å². The zero-order chi connectivity index (χ0) is 13.4. The van der Waals surface area contributed by atoms with Crippen LogP contribution < -0.4 is 4.90 Å². The number of pyridine rings is 1. The number of fused-ring (bicyclic) bond motifs is 1. The number of rotatable bonds is 2. The van der Waals surface area contributed by atoms with Gasteiger partial charge in [0.2, 0.25) is 0 Å². The lowest BCUT2D eigenvalue weighted by Gasteiger charge is -2.27. The summed E-state index contributed by atoms with van der Waals surface area (Å²) in [5.74, 6) is -1.06. The maximum absolute atomic E-state index is 12.3. The van der Waals surface area contributed by atoms with E-state index in [1.807, 2.05) is 4.90 Å². The molecule has 1 N–H and O–H groups in total. The molecule has 0 radical (unpaired) electrons. The predicted octanol–water partition coefficient (Wildman–Crippen LogP) is 1.57. The topological polar surface area (TPSA) is 73.7 Å². The molecule has 3 rings (SSSR count). The van der Waals surface area contributed by atoms with Crippen LogP contribution in [-0.2, 0) is 0 Å². The van der Waals surface area contributed by atoms with Crippen LogP contribution in [0.1, 0.15) is 29.8 Å². The van der Waals surface area contributed by atoms with E-state index in [1.165, 1.54) is 18.7 Å². The summed E-state index contributed by atoms with van der Waals surface area (Å²) in [6.45, 7) is 1.49. The molecule has 2 fully saturated rings. The van der Waals surface area contributed by atoms with Gasteiger partial charge >= 0.3 is 12.0 Å². The van der Waals surface area contributed by atoms with Crippen molar-refractivity contribution in [2.45, 2.75) is 25.3 Å². The lowest BCUT2D eigenvalue weighted by atomic mass is 10.0. The highest BCUT2D eigenvalue weighted by molar-refractivity contribution is 5.95. The Morgan fingerprint density at radius 2 is 2.21 bits per heavy atom. The van der Waals surface area contributed by atoms with Gasteiger partial charge in [0.25, 0.3) is 0 Å². The number of carbonyl (C=O) groups is 2. The third-order valence-corrected chi connectivity index (χ3v) is 3.78. The summed E-state index contributed by atoms with van der Waals surface area (Å²) in [5, 5.41) is 8.81. The van der Waals surface area contributed by atoms with Gasteiger partial charge in [0.15, 0.2) is 0 Å². The minimum atomic E-state index is -1.06. The SMILES string of the molecule is O=C(O)c1ccc(N2CC3CCCCN3C2=O)cn1. The number of anilines is 1. The van der Waals surface area contributed by atoms with E-state index in [4.69, 9.17) is 5.11 Å². The largest absolute Gasteiger partial charge is 0.477 e. The van der Waals surface area contributed by atoms with Crippen molar-refractivity contribution >= 4 is 17.7 Å². The van der Waals surface area contributed by atoms with Crippen molar-refractivity contribution in [3.05, 3.63) is 24.0 Å². The van der Waals surface area contributed by atoms with Gasteiger partial charge in [-0.05, 0) is 31.4 Å². The Morgan fingerprint density at radius 3 is 2.84 bits per heavy atom. The number of piperidine rings is 1. The van der Waals surface area contributed by atoms with Crippen molar-refractivity contribution in [3.8, 4) is 0 Å². The molecule has 2 aliphatic rings. The normalized spacial score (nSPS) is 22.5. The minimum Gasteiger partial charge on any atom is -0.477 e. The Balaban J connectivity index is 1.82. The average molecular weight is 261 g/mol. The third-order valence-electron chi connectivity index (χ3n) is 3.78. The molecular formula is C13H15N3O3. The molecule has 6 heteroatoms. The molecule has 2 aliphatic heterocycles. The second-order valence-corrected chi connectivity index (χ2v) is 4.94. The first kappa shape index (κ1) is 12.0. The molecule has 0 bridgehead atoms. The van der Waals surface area contributed by atoms with E-state index in [9.17, 15) is 9.59 Å². The van der Waals surface area contributed by atoms with Gasteiger partial charge in [0.1, 0.15) is 5.69 Å². The van der Waals surface area contributed by atoms with Crippen LogP contribution in [0.2, 0.25) is 0 Å². The smallest absolute Gasteiger partial charge is 0.354 e. The van der Waals surface area contributed by atoms with E-state index < -0.39 is 5.97 Å². The first-order chi connectivity index (χ1) is 9.16. The lowest BCUT2D eigenvalue weighted by Crippen LogP contribution is -2.38. The molecular weight excluding hydrogens is 246 g/mol. The minimum absolute atomic E-state index is 0.00637. The number of carbonyl (C=O) groups excluding carboxylic acids is 1. The van der Waals surface area contributed by atoms with E-state index in [-0.39, 0.29) is 11.7 Å². The summed E-state index contributed by atoms with van der Waals surface area (Å²) in [5.41, 5.74) is 0.664. The number of urea groups is 1. The monoisotopic (exact) mass is 261 g/mol. The number of hydrogen-bond donors (Lipinski definition) is 1. The van der Waals surface area contributed by atoms with Crippen molar-refractivity contribution in [1.82, 2.24) is 9.88 Å². The highest BCUT2D eigenvalue weighted by Crippen LogP contribution is 2.28. The molecule has 0 saturated carbocycles. The molecule has 1 aromatic rings. The standard InChI is InChI=1S/C13H15N3O3/c17-12(18)11-5-4-9(7-14-11)16-8-10-3-1-2-6-15(10)13(16)19/h4-5,7,10H,1-3,6,8H2,(H,17,18). The number of hydrogen-bond acceptors (Lipinski definition) is 3. The Labute approximate surface area is 110 Å². The van der Waals surface area contributed by atoms with Gasteiger partial charge < -0.3 is 10.0 Å². The molecule has 19 heavy (non-hydrogen) atoms. The number of nitrogens with zero attached hydrogens (tertiary/aromatic N) is 3. The summed E-state index contributed by atoms with van der Waals surface area (Å²) in [7, 11) is 0. The Kier molecular flexibility index (Phi) is 2.85. The van der Waals surface area contributed by atoms with Crippen molar-refractivity contribution in [2.75, 3.05) is 18.0 Å². The highest BCUT2D eigenvalue weighted by Gasteiger charge is 2.39. The first-order valence-electron chi connectivity index (χ1n) is 6.44. The maximum atomic E-state index is 12.3. The van der Waals surface area contributed by atoms with E-state index in [2.05, 4.69) is 4.98 Å². The van der Waals surface area contributed by atoms with Crippen LogP contribution in [0.4, 0.5) is 10.5 Å². The highest BCUT2D eigenvalue weighted by atomic mass is 16.4. The van der Waals surface area contributed by atoms with E-state index in [1.54, 1.807) is 11.0 Å². The van der Waals surface area contributed by atoms with Crippen LogP contribution in [-0.4, -0.2) is 46.1 Å². The van der Waals surface area contributed by atoms with Crippen LogP contribution in [0.5, 0.6) is 0 Å². The molecule has 2 saturated heterocycles. The average Bonchev–Trinajstić information content (AvgIpc) is 2.77. The molecule has 1 atom stereocenters. The quantitative estimate of drug-likeness (QED) is 0.877. The zero-order valence-electron chi connectivity index (χ0n) is 10.5. The first-order valence-corrected chi connectivity index (χ1v) is 6.44. The number of aromatic nitrogens is 1. The van der Waals surface area contributed by atoms with Crippen molar-refractivity contribution in [1.29, 1.82) is 0 Å². The second-order valence-electron chi connectivity index (χ2n) is 4.94. The molecule has 3 heterocycles. The van der Waals surface area contributed by atoms with Crippen molar-refractivity contribution in [2.24, 2.45) is 0 Å². The second kappa shape index (κ2) is 4.53. The Hall–Kier alpha value is -2.11. The van der Waals surface area contributed by atoms with E-state index in [0.717, 1.165) is 19.4 Å². The Bertz CT molecular complexity index is 514. The Morgan fingerprint density at radius 1 is 1.37 bits per heavy atom. The van der Waals surface area contributed by atoms with Crippen LogP contribution >= 0.6 is 0 Å².